The zero-order valence-electron chi connectivity index (χ0n) is 8.86. The van der Waals surface area contributed by atoms with E-state index in [2.05, 4.69) is 15.7 Å². The van der Waals surface area contributed by atoms with E-state index in [1.165, 1.54) is 0 Å². The maximum atomic E-state index is 11.8. The lowest BCUT2D eigenvalue weighted by molar-refractivity contribution is -0.120. The maximum Gasteiger partial charge on any atom is 0.229 e. The number of anilines is 1. The van der Waals surface area contributed by atoms with Gasteiger partial charge in [-0.05, 0) is 19.4 Å². The highest BCUT2D eigenvalue weighted by Gasteiger charge is 2.21. The molecule has 0 aliphatic carbocycles. The predicted molar refractivity (Wildman–Crippen MR) is 57.4 cm³/mol. The Morgan fingerprint density at radius 1 is 1.73 bits per heavy atom. The van der Waals surface area contributed by atoms with Crippen LogP contribution in [0, 0.1) is 5.92 Å². The molecule has 1 atom stereocenters. The molecule has 0 unspecified atom stereocenters. The molecule has 1 aliphatic heterocycles. The molecule has 2 rings (SSSR count). The van der Waals surface area contributed by atoms with Gasteiger partial charge in [-0.3, -0.25) is 9.48 Å². The number of rotatable bonds is 2. The summed E-state index contributed by atoms with van der Waals surface area (Å²) < 4.78 is 1.66. The molecular weight excluding hydrogens is 192 g/mol. The highest BCUT2D eigenvalue weighted by Crippen LogP contribution is 2.13. The third kappa shape index (κ3) is 2.36. The Hall–Kier alpha value is -1.36. The number of aryl methyl sites for hydroxylation is 1. The normalized spacial score (nSPS) is 21.3. The fourth-order valence-electron chi connectivity index (χ4n) is 1.80. The van der Waals surface area contributed by atoms with E-state index >= 15 is 0 Å². The van der Waals surface area contributed by atoms with Crippen molar-refractivity contribution < 1.29 is 4.79 Å². The van der Waals surface area contributed by atoms with Crippen LogP contribution in [-0.2, 0) is 11.8 Å². The van der Waals surface area contributed by atoms with Crippen molar-refractivity contribution in [2.75, 3.05) is 18.4 Å². The van der Waals surface area contributed by atoms with Crippen LogP contribution in [0.4, 0.5) is 5.82 Å². The van der Waals surface area contributed by atoms with Crippen LogP contribution in [0.2, 0.25) is 0 Å². The molecule has 0 radical (unpaired) electrons. The molecule has 0 saturated carbocycles. The lowest BCUT2D eigenvalue weighted by Crippen LogP contribution is -2.37. The zero-order valence-corrected chi connectivity index (χ0v) is 8.86. The van der Waals surface area contributed by atoms with Gasteiger partial charge >= 0.3 is 0 Å². The first-order valence-corrected chi connectivity index (χ1v) is 5.27. The van der Waals surface area contributed by atoms with E-state index in [1.54, 1.807) is 16.9 Å². The van der Waals surface area contributed by atoms with Crippen LogP contribution in [0.25, 0.3) is 0 Å². The molecular formula is C10H16N4O. The average Bonchev–Trinajstić information content (AvgIpc) is 2.66. The fraction of sp³-hybridized carbons (Fsp3) is 0.600. The van der Waals surface area contributed by atoms with Gasteiger partial charge in [-0.25, -0.2) is 0 Å². The van der Waals surface area contributed by atoms with Crippen LogP contribution >= 0.6 is 0 Å². The molecule has 15 heavy (non-hydrogen) atoms. The van der Waals surface area contributed by atoms with Crippen molar-refractivity contribution >= 4 is 11.7 Å². The van der Waals surface area contributed by atoms with Gasteiger partial charge in [0.25, 0.3) is 0 Å². The number of hydrogen-bond donors (Lipinski definition) is 2. The minimum atomic E-state index is 0.0887. The first-order chi connectivity index (χ1) is 7.27. The summed E-state index contributed by atoms with van der Waals surface area (Å²) in [6, 6.07) is 1.80. The molecule has 1 aromatic heterocycles. The average molecular weight is 208 g/mol. The largest absolute Gasteiger partial charge is 0.316 e. The molecule has 0 spiro atoms. The molecule has 2 N–H and O–H groups in total. The summed E-state index contributed by atoms with van der Waals surface area (Å²) in [7, 11) is 1.81. The number of aromatic nitrogens is 2. The lowest BCUT2D eigenvalue weighted by Gasteiger charge is -2.21. The van der Waals surface area contributed by atoms with Crippen molar-refractivity contribution in [2.45, 2.75) is 12.8 Å². The molecule has 1 saturated heterocycles. The Morgan fingerprint density at radius 3 is 3.20 bits per heavy atom. The predicted octanol–water partition coefficient (Wildman–Crippen LogP) is 0.358. The quantitative estimate of drug-likeness (QED) is 0.737. The summed E-state index contributed by atoms with van der Waals surface area (Å²) >= 11 is 0. The lowest BCUT2D eigenvalue weighted by atomic mass is 9.99. The number of amides is 1. The second-order valence-electron chi connectivity index (χ2n) is 3.87. The van der Waals surface area contributed by atoms with Gasteiger partial charge in [-0.15, -0.1) is 0 Å². The Labute approximate surface area is 88.8 Å². The Bertz CT molecular complexity index is 341. The van der Waals surface area contributed by atoms with Crippen LogP contribution < -0.4 is 10.6 Å². The summed E-state index contributed by atoms with van der Waals surface area (Å²) in [5.74, 6) is 0.935. The summed E-state index contributed by atoms with van der Waals surface area (Å²) in [5.41, 5.74) is 0. The van der Waals surface area contributed by atoms with Gasteiger partial charge in [0.05, 0.1) is 12.1 Å². The number of piperidine rings is 1. The van der Waals surface area contributed by atoms with E-state index < -0.39 is 0 Å². The van der Waals surface area contributed by atoms with E-state index in [9.17, 15) is 4.79 Å². The number of carbonyl (C=O) groups excluding carboxylic acids is 1. The molecule has 82 valence electrons. The van der Waals surface area contributed by atoms with Gasteiger partial charge < -0.3 is 10.6 Å². The zero-order chi connectivity index (χ0) is 10.7. The number of carbonyl (C=O) groups is 1. The molecule has 5 nitrogen and oxygen atoms in total. The molecule has 1 amide bonds. The molecule has 5 heteroatoms. The smallest absolute Gasteiger partial charge is 0.229 e. The summed E-state index contributed by atoms with van der Waals surface area (Å²) in [4.78, 5) is 11.8. The van der Waals surface area contributed by atoms with Crippen molar-refractivity contribution in [3.8, 4) is 0 Å². The molecule has 0 bridgehead atoms. The molecule has 0 aromatic carbocycles. The van der Waals surface area contributed by atoms with Crippen LogP contribution in [-0.4, -0.2) is 28.8 Å². The van der Waals surface area contributed by atoms with E-state index in [4.69, 9.17) is 0 Å². The first kappa shape index (κ1) is 10.2. The third-order valence-corrected chi connectivity index (χ3v) is 2.74. The molecule has 1 aromatic rings. The number of nitrogens with zero attached hydrogens (tertiary/aromatic N) is 2. The van der Waals surface area contributed by atoms with Gasteiger partial charge in [0, 0.05) is 19.7 Å². The minimum absolute atomic E-state index is 0.0887. The summed E-state index contributed by atoms with van der Waals surface area (Å²) in [6.07, 6.45) is 3.72. The maximum absolute atomic E-state index is 11.8. The highest BCUT2D eigenvalue weighted by atomic mass is 16.2. The summed E-state index contributed by atoms with van der Waals surface area (Å²) in [6.45, 7) is 1.80. The van der Waals surface area contributed by atoms with Crippen LogP contribution in [0.3, 0.4) is 0 Å². The first-order valence-electron chi connectivity index (χ1n) is 5.27. The molecule has 1 fully saturated rings. The second kappa shape index (κ2) is 4.44. The van der Waals surface area contributed by atoms with E-state index in [-0.39, 0.29) is 11.8 Å². The van der Waals surface area contributed by atoms with E-state index in [0.29, 0.717) is 0 Å². The van der Waals surface area contributed by atoms with Crippen molar-refractivity contribution in [3.05, 3.63) is 12.3 Å². The van der Waals surface area contributed by atoms with E-state index in [0.717, 1.165) is 31.7 Å². The highest BCUT2D eigenvalue weighted by molar-refractivity contribution is 5.91. The van der Waals surface area contributed by atoms with Gasteiger partial charge in [0.1, 0.15) is 5.82 Å². The third-order valence-electron chi connectivity index (χ3n) is 2.74. The topological polar surface area (TPSA) is 59.0 Å². The number of hydrogen-bond acceptors (Lipinski definition) is 3. The van der Waals surface area contributed by atoms with E-state index in [1.807, 2.05) is 7.05 Å². The summed E-state index contributed by atoms with van der Waals surface area (Å²) in [5, 5.41) is 10.1. The Morgan fingerprint density at radius 2 is 2.60 bits per heavy atom. The molecule has 2 heterocycles. The Balaban J connectivity index is 1.94. The second-order valence-corrected chi connectivity index (χ2v) is 3.87. The van der Waals surface area contributed by atoms with Crippen LogP contribution in [0.15, 0.2) is 12.3 Å². The molecule has 1 aliphatic rings. The van der Waals surface area contributed by atoms with Crippen LogP contribution in [0.5, 0.6) is 0 Å². The van der Waals surface area contributed by atoms with Gasteiger partial charge in [0.15, 0.2) is 0 Å². The standard InChI is InChI=1S/C10H16N4O/c1-14-9(4-6-12-14)13-10(15)8-3-2-5-11-7-8/h4,6,8,11H,2-3,5,7H2,1H3,(H,13,15)/t8-/m1/s1. The van der Waals surface area contributed by atoms with Gasteiger partial charge in [0.2, 0.25) is 5.91 Å². The number of nitrogens with one attached hydrogen (secondary N) is 2. The Kier molecular flexibility index (Phi) is 3.01. The van der Waals surface area contributed by atoms with Gasteiger partial charge in [-0.2, -0.15) is 5.10 Å². The van der Waals surface area contributed by atoms with Crippen molar-refractivity contribution in [1.29, 1.82) is 0 Å². The van der Waals surface area contributed by atoms with Crippen molar-refractivity contribution in [2.24, 2.45) is 13.0 Å². The van der Waals surface area contributed by atoms with Crippen molar-refractivity contribution in [1.82, 2.24) is 15.1 Å². The van der Waals surface area contributed by atoms with Crippen LogP contribution in [0.1, 0.15) is 12.8 Å². The SMILES string of the molecule is Cn1nccc1NC(=O)[C@@H]1CCCNC1. The van der Waals surface area contributed by atoms with Gasteiger partial charge in [-0.1, -0.05) is 0 Å². The van der Waals surface area contributed by atoms with Crippen molar-refractivity contribution in [3.63, 3.8) is 0 Å². The fourth-order valence-corrected chi connectivity index (χ4v) is 1.80. The minimum Gasteiger partial charge on any atom is -0.316 e. The monoisotopic (exact) mass is 208 g/mol.